The van der Waals surface area contributed by atoms with Gasteiger partial charge in [0.05, 0.1) is 5.92 Å². The molecule has 6 heteroatoms. The minimum atomic E-state index is -0.383. The lowest BCUT2D eigenvalue weighted by molar-refractivity contribution is -0.118. The summed E-state index contributed by atoms with van der Waals surface area (Å²) in [5.74, 6) is -0.362. The number of nitrogens with zero attached hydrogens (tertiary/aromatic N) is 1. The molecule has 1 aliphatic rings. The second-order valence-corrected chi connectivity index (χ2v) is 5.88. The molecule has 2 amide bonds. The van der Waals surface area contributed by atoms with Crippen LogP contribution in [-0.4, -0.2) is 24.9 Å². The number of amides is 2. The maximum Gasteiger partial charge on any atom is 0.233 e. The summed E-state index contributed by atoms with van der Waals surface area (Å²) in [5.41, 5.74) is 8.24. The van der Waals surface area contributed by atoms with Crippen molar-refractivity contribution >= 4 is 35.6 Å². The molecule has 3 N–H and O–H groups in total. The van der Waals surface area contributed by atoms with Gasteiger partial charge in [0, 0.05) is 30.9 Å². The van der Waals surface area contributed by atoms with Crippen LogP contribution < -0.4 is 16.0 Å². The van der Waals surface area contributed by atoms with Gasteiger partial charge in [0.25, 0.3) is 0 Å². The lowest BCUT2D eigenvalue weighted by Crippen LogP contribution is -2.27. The first-order chi connectivity index (χ1) is 11.7. The lowest BCUT2D eigenvalue weighted by Gasteiger charge is -2.17. The van der Waals surface area contributed by atoms with Crippen molar-refractivity contribution < 1.29 is 9.59 Å². The van der Waals surface area contributed by atoms with Crippen LogP contribution in [0.1, 0.15) is 24.3 Å². The molecule has 1 saturated heterocycles. The quantitative estimate of drug-likeness (QED) is 0.861. The fourth-order valence-electron chi connectivity index (χ4n) is 2.96. The van der Waals surface area contributed by atoms with Crippen LogP contribution in [0.3, 0.4) is 0 Å². The Morgan fingerprint density at radius 2 is 1.80 bits per heavy atom. The Kier molecular flexibility index (Phi) is 6.56. The summed E-state index contributed by atoms with van der Waals surface area (Å²) in [6.07, 6.45) is 1.50. The van der Waals surface area contributed by atoms with Crippen LogP contribution >= 0.6 is 12.4 Å². The van der Waals surface area contributed by atoms with Gasteiger partial charge in [-0.15, -0.1) is 12.4 Å². The summed E-state index contributed by atoms with van der Waals surface area (Å²) in [7, 11) is 0. The van der Waals surface area contributed by atoms with Crippen LogP contribution in [0.2, 0.25) is 0 Å². The number of nitrogens with one attached hydrogen (secondary N) is 1. The highest BCUT2D eigenvalue weighted by atomic mass is 35.5. The van der Waals surface area contributed by atoms with Gasteiger partial charge >= 0.3 is 0 Å². The molecule has 1 atom stereocenters. The average Bonchev–Trinajstić information content (AvgIpc) is 3.03. The molecular formula is C19H22ClN3O2. The zero-order chi connectivity index (χ0) is 16.9. The zero-order valence-electron chi connectivity index (χ0n) is 13.9. The molecule has 0 aromatic heterocycles. The van der Waals surface area contributed by atoms with Crippen molar-refractivity contribution in [1.82, 2.24) is 0 Å². The molecule has 0 spiro atoms. The van der Waals surface area contributed by atoms with E-state index in [-0.39, 0.29) is 36.7 Å². The second-order valence-electron chi connectivity index (χ2n) is 5.88. The third kappa shape index (κ3) is 4.38. The standard InChI is InChI=1S/C19H21N3O2.ClH/c20-13-17(14-5-2-1-3-6-14)19(24)21-15-8-10-16(11-9-15)22-12-4-7-18(22)23;/h1-3,5-6,8-11,17H,4,7,12-13,20H2,(H,21,24);1H. The minimum Gasteiger partial charge on any atom is -0.329 e. The maximum absolute atomic E-state index is 12.5. The fourth-order valence-corrected chi connectivity index (χ4v) is 2.96. The first-order valence-electron chi connectivity index (χ1n) is 8.15. The molecule has 1 aliphatic heterocycles. The molecule has 0 radical (unpaired) electrons. The van der Waals surface area contributed by atoms with Gasteiger partial charge in [-0.25, -0.2) is 0 Å². The molecule has 132 valence electrons. The molecule has 25 heavy (non-hydrogen) atoms. The number of benzene rings is 2. The van der Waals surface area contributed by atoms with Crippen LogP contribution in [-0.2, 0) is 9.59 Å². The van der Waals surface area contributed by atoms with E-state index in [4.69, 9.17) is 5.73 Å². The zero-order valence-corrected chi connectivity index (χ0v) is 14.7. The molecule has 2 aromatic carbocycles. The highest BCUT2D eigenvalue weighted by Gasteiger charge is 2.22. The van der Waals surface area contributed by atoms with Gasteiger partial charge < -0.3 is 16.0 Å². The second kappa shape index (κ2) is 8.65. The van der Waals surface area contributed by atoms with Crippen LogP contribution in [0, 0.1) is 0 Å². The van der Waals surface area contributed by atoms with Crippen LogP contribution in [0.5, 0.6) is 0 Å². The maximum atomic E-state index is 12.5. The Labute approximate surface area is 153 Å². The summed E-state index contributed by atoms with van der Waals surface area (Å²) in [6, 6.07) is 16.9. The third-order valence-corrected chi connectivity index (χ3v) is 4.27. The number of carbonyl (C=O) groups is 2. The highest BCUT2D eigenvalue weighted by Crippen LogP contribution is 2.24. The predicted molar refractivity (Wildman–Crippen MR) is 102 cm³/mol. The van der Waals surface area contributed by atoms with E-state index in [0.29, 0.717) is 12.1 Å². The summed E-state index contributed by atoms with van der Waals surface area (Å²) >= 11 is 0. The van der Waals surface area contributed by atoms with Gasteiger partial charge in [-0.05, 0) is 36.2 Å². The predicted octanol–water partition coefficient (Wildman–Crippen LogP) is 2.92. The Morgan fingerprint density at radius 1 is 1.12 bits per heavy atom. The van der Waals surface area contributed by atoms with Crippen LogP contribution in [0.25, 0.3) is 0 Å². The van der Waals surface area contributed by atoms with Crippen molar-refractivity contribution in [3.63, 3.8) is 0 Å². The summed E-state index contributed by atoms with van der Waals surface area (Å²) < 4.78 is 0. The van der Waals surface area contributed by atoms with E-state index in [0.717, 1.165) is 24.2 Å². The summed E-state index contributed by atoms with van der Waals surface area (Å²) in [5, 5.41) is 2.90. The van der Waals surface area contributed by atoms with E-state index in [1.807, 2.05) is 54.6 Å². The van der Waals surface area contributed by atoms with Crippen molar-refractivity contribution in [3.05, 3.63) is 60.2 Å². The van der Waals surface area contributed by atoms with Gasteiger partial charge in [-0.3, -0.25) is 9.59 Å². The summed E-state index contributed by atoms with van der Waals surface area (Å²) in [6.45, 7) is 1.00. The van der Waals surface area contributed by atoms with Crippen LogP contribution in [0.15, 0.2) is 54.6 Å². The topological polar surface area (TPSA) is 75.4 Å². The van der Waals surface area contributed by atoms with E-state index < -0.39 is 0 Å². The normalized spacial score (nSPS) is 14.8. The lowest BCUT2D eigenvalue weighted by atomic mass is 9.98. The van der Waals surface area contributed by atoms with E-state index in [2.05, 4.69) is 5.32 Å². The molecule has 0 saturated carbocycles. The van der Waals surface area contributed by atoms with E-state index in [1.165, 1.54) is 0 Å². The largest absolute Gasteiger partial charge is 0.329 e. The van der Waals surface area contributed by atoms with Gasteiger partial charge in [-0.1, -0.05) is 30.3 Å². The molecule has 2 aromatic rings. The molecular weight excluding hydrogens is 338 g/mol. The SMILES string of the molecule is Cl.NCC(C(=O)Nc1ccc(N2CCCC2=O)cc1)c1ccccc1. The Balaban J connectivity index is 0.00000225. The minimum absolute atomic E-state index is 0. The number of rotatable bonds is 5. The summed E-state index contributed by atoms with van der Waals surface area (Å²) in [4.78, 5) is 26.0. The number of anilines is 2. The molecule has 1 fully saturated rings. The number of hydrogen-bond acceptors (Lipinski definition) is 3. The van der Waals surface area contributed by atoms with Crippen molar-refractivity contribution in [3.8, 4) is 0 Å². The first-order valence-corrected chi connectivity index (χ1v) is 8.15. The molecule has 5 nitrogen and oxygen atoms in total. The molecule has 3 rings (SSSR count). The number of carbonyl (C=O) groups excluding carboxylic acids is 2. The Hall–Kier alpha value is -2.37. The molecule has 0 bridgehead atoms. The van der Waals surface area contributed by atoms with E-state index in [1.54, 1.807) is 4.90 Å². The first kappa shape index (κ1) is 19.0. The third-order valence-electron chi connectivity index (χ3n) is 4.27. The van der Waals surface area contributed by atoms with Gasteiger partial charge in [0.15, 0.2) is 0 Å². The van der Waals surface area contributed by atoms with Crippen LogP contribution in [0.4, 0.5) is 11.4 Å². The molecule has 0 aliphatic carbocycles. The monoisotopic (exact) mass is 359 g/mol. The van der Waals surface area contributed by atoms with Gasteiger partial charge in [0.2, 0.25) is 11.8 Å². The van der Waals surface area contributed by atoms with Crippen molar-refractivity contribution in [2.45, 2.75) is 18.8 Å². The number of hydrogen-bond donors (Lipinski definition) is 2. The van der Waals surface area contributed by atoms with Crippen molar-refractivity contribution in [2.75, 3.05) is 23.3 Å². The number of halogens is 1. The van der Waals surface area contributed by atoms with E-state index in [9.17, 15) is 9.59 Å². The smallest absolute Gasteiger partial charge is 0.233 e. The average molecular weight is 360 g/mol. The highest BCUT2D eigenvalue weighted by molar-refractivity contribution is 5.97. The fraction of sp³-hybridized carbons (Fsp3) is 0.263. The molecule has 1 unspecified atom stereocenters. The Bertz CT molecular complexity index is 719. The van der Waals surface area contributed by atoms with Crippen molar-refractivity contribution in [1.29, 1.82) is 0 Å². The number of nitrogens with two attached hydrogens (primary N) is 1. The Morgan fingerprint density at radius 3 is 2.36 bits per heavy atom. The van der Waals surface area contributed by atoms with Crippen molar-refractivity contribution in [2.24, 2.45) is 5.73 Å². The van der Waals surface area contributed by atoms with Gasteiger partial charge in [0.1, 0.15) is 0 Å². The van der Waals surface area contributed by atoms with Gasteiger partial charge in [-0.2, -0.15) is 0 Å². The van der Waals surface area contributed by atoms with E-state index >= 15 is 0 Å². The molecule has 1 heterocycles.